The number of allylic oxidation sites excluding steroid dienone is 4. The van der Waals surface area contributed by atoms with Crippen molar-refractivity contribution >= 4 is 23.3 Å². The van der Waals surface area contributed by atoms with Crippen LogP contribution in [0.1, 0.15) is 45.1 Å². The fraction of sp³-hybridized carbons (Fsp3) is 0.360. The van der Waals surface area contributed by atoms with Gasteiger partial charge in [0, 0.05) is 32.9 Å². The van der Waals surface area contributed by atoms with Gasteiger partial charge in [0.2, 0.25) is 0 Å². The van der Waals surface area contributed by atoms with E-state index >= 15 is 0 Å². The molecule has 1 N–H and O–H groups in total. The number of carbonyl (C=O) groups is 2. The van der Waals surface area contributed by atoms with Gasteiger partial charge in [0.25, 0.3) is 0 Å². The molecule has 0 aliphatic heterocycles. The summed E-state index contributed by atoms with van der Waals surface area (Å²) in [6.45, 7) is 3.27. The lowest BCUT2D eigenvalue weighted by Gasteiger charge is -2.13. The molecule has 1 atom stereocenters. The van der Waals surface area contributed by atoms with Crippen molar-refractivity contribution in [2.45, 2.75) is 52.1 Å². The molecule has 32 heavy (non-hydrogen) atoms. The summed E-state index contributed by atoms with van der Waals surface area (Å²) in [5, 5.41) is 9.43. The monoisotopic (exact) mass is 440 g/mol. The van der Waals surface area contributed by atoms with E-state index in [4.69, 9.17) is 4.74 Å². The Bertz CT molecular complexity index is 970. The van der Waals surface area contributed by atoms with Crippen molar-refractivity contribution in [1.82, 2.24) is 0 Å². The van der Waals surface area contributed by atoms with Crippen molar-refractivity contribution in [3.8, 4) is 0 Å². The average Bonchev–Trinajstić information content (AvgIpc) is 2.74. The Morgan fingerprint density at radius 2 is 2.00 bits per heavy atom. The molecule has 1 aromatic rings. The molecule has 0 saturated carbocycles. The standard InChI is InChI=1S/C25H29FN2O4/c1-17(29)6-4-9-24(31)23(15-12-19-10-13-20(26)14-11-19)25(27-3)28-18(2)32-22-8-5-7-21(30)16-22/h4,9-11,13-17,29H,5-8,12H2,1-3H3/b9-4+,23-15+,27-25?,28-18?. The van der Waals surface area contributed by atoms with Crippen LogP contribution in [-0.2, 0) is 20.7 Å². The Labute approximate surface area is 187 Å². The van der Waals surface area contributed by atoms with Crippen LogP contribution in [-0.4, -0.2) is 41.6 Å². The number of hydrogen-bond donors (Lipinski definition) is 1. The summed E-state index contributed by atoms with van der Waals surface area (Å²) in [5.41, 5.74) is 1.08. The van der Waals surface area contributed by atoms with E-state index in [0.717, 1.165) is 12.0 Å². The van der Waals surface area contributed by atoms with Crippen LogP contribution < -0.4 is 0 Å². The molecule has 0 spiro atoms. The number of benzene rings is 1. The minimum Gasteiger partial charge on any atom is -0.447 e. The summed E-state index contributed by atoms with van der Waals surface area (Å²) >= 11 is 0. The number of nitrogens with zero attached hydrogens (tertiary/aromatic N) is 2. The molecule has 0 heterocycles. The van der Waals surface area contributed by atoms with E-state index in [2.05, 4.69) is 9.98 Å². The van der Waals surface area contributed by atoms with E-state index < -0.39 is 6.10 Å². The van der Waals surface area contributed by atoms with Crippen molar-refractivity contribution in [2.24, 2.45) is 9.98 Å². The van der Waals surface area contributed by atoms with Gasteiger partial charge in [-0.1, -0.05) is 24.3 Å². The summed E-state index contributed by atoms with van der Waals surface area (Å²) in [7, 11) is 1.52. The summed E-state index contributed by atoms with van der Waals surface area (Å²) in [5.74, 6) is 0.342. The first-order valence-electron chi connectivity index (χ1n) is 10.6. The van der Waals surface area contributed by atoms with Crippen molar-refractivity contribution in [3.63, 3.8) is 0 Å². The zero-order chi connectivity index (χ0) is 23.5. The molecule has 1 aliphatic carbocycles. The first kappa shape index (κ1) is 25.1. The van der Waals surface area contributed by atoms with Crippen molar-refractivity contribution in [3.05, 3.63) is 71.3 Å². The van der Waals surface area contributed by atoms with Crippen molar-refractivity contribution < 1.29 is 23.8 Å². The van der Waals surface area contributed by atoms with Crippen LogP contribution in [0, 0.1) is 5.82 Å². The predicted octanol–water partition coefficient (Wildman–Crippen LogP) is 4.29. The Morgan fingerprint density at radius 3 is 2.62 bits per heavy atom. The second-order valence-corrected chi connectivity index (χ2v) is 7.51. The second kappa shape index (κ2) is 12.6. The van der Waals surface area contributed by atoms with Gasteiger partial charge in [-0.15, -0.1) is 0 Å². The lowest BCUT2D eigenvalue weighted by atomic mass is 10.0. The summed E-state index contributed by atoms with van der Waals surface area (Å²) in [6, 6.07) is 6.00. The number of halogens is 1. The highest BCUT2D eigenvalue weighted by molar-refractivity contribution is 6.26. The number of carbonyl (C=O) groups excluding carboxylic acids is 2. The molecule has 170 valence electrons. The number of ether oxygens (including phenoxy) is 1. The molecular weight excluding hydrogens is 411 g/mol. The van der Waals surface area contributed by atoms with E-state index in [1.807, 2.05) is 0 Å². The molecule has 7 heteroatoms. The van der Waals surface area contributed by atoms with Gasteiger partial charge in [-0.05, 0) is 50.0 Å². The predicted molar refractivity (Wildman–Crippen MR) is 123 cm³/mol. The lowest BCUT2D eigenvalue weighted by Crippen LogP contribution is -2.14. The number of hydrogen-bond acceptors (Lipinski definition) is 5. The highest BCUT2D eigenvalue weighted by atomic mass is 19.1. The van der Waals surface area contributed by atoms with Crippen LogP contribution in [0.3, 0.4) is 0 Å². The molecule has 6 nitrogen and oxygen atoms in total. The van der Waals surface area contributed by atoms with E-state index in [1.165, 1.54) is 31.3 Å². The Balaban J connectivity index is 2.28. The van der Waals surface area contributed by atoms with Crippen LogP contribution in [0.25, 0.3) is 0 Å². The molecule has 0 saturated heterocycles. The fourth-order valence-corrected chi connectivity index (χ4v) is 3.04. The average molecular weight is 441 g/mol. The first-order valence-corrected chi connectivity index (χ1v) is 10.6. The SMILES string of the molecule is CN=C(N=C(C)OC1=CC(=O)CCC1)/C(=C/Cc1ccc(F)cc1)C(=O)/C=C/CC(C)O. The van der Waals surface area contributed by atoms with E-state index in [-0.39, 0.29) is 34.7 Å². The van der Waals surface area contributed by atoms with Crippen LogP contribution in [0.15, 0.2) is 69.9 Å². The van der Waals surface area contributed by atoms with Gasteiger partial charge in [-0.3, -0.25) is 14.6 Å². The zero-order valence-electron chi connectivity index (χ0n) is 18.7. The van der Waals surface area contributed by atoms with Gasteiger partial charge in [0.1, 0.15) is 11.6 Å². The second-order valence-electron chi connectivity index (χ2n) is 7.51. The van der Waals surface area contributed by atoms with Gasteiger partial charge in [0.15, 0.2) is 23.3 Å². The molecular formula is C25H29FN2O4. The maximum atomic E-state index is 13.2. The summed E-state index contributed by atoms with van der Waals surface area (Å²) in [6.07, 6.45) is 8.15. The zero-order valence-corrected chi connectivity index (χ0v) is 18.7. The van der Waals surface area contributed by atoms with Gasteiger partial charge >= 0.3 is 0 Å². The van der Waals surface area contributed by atoms with Crippen LogP contribution in [0.2, 0.25) is 0 Å². The smallest absolute Gasteiger partial charge is 0.193 e. The number of aliphatic hydroxyl groups is 1. The third-order valence-electron chi connectivity index (χ3n) is 4.63. The third-order valence-corrected chi connectivity index (χ3v) is 4.63. The Kier molecular flexibility index (Phi) is 9.88. The van der Waals surface area contributed by atoms with Gasteiger partial charge in [0.05, 0.1) is 11.7 Å². The number of aliphatic imine (C=N–C) groups is 2. The molecule has 0 fully saturated rings. The number of rotatable bonds is 8. The van der Waals surface area contributed by atoms with Crippen molar-refractivity contribution in [2.75, 3.05) is 7.05 Å². The molecule has 0 aromatic heterocycles. The largest absolute Gasteiger partial charge is 0.447 e. The van der Waals surface area contributed by atoms with Gasteiger partial charge in [-0.2, -0.15) is 4.99 Å². The van der Waals surface area contributed by atoms with E-state index in [1.54, 1.807) is 38.1 Å². The maximum absolute atomic E-state index is 13.2. The molecule has 0 bridgehead atoms. The van der Waals surface area contributed by atoms with Crippen LogP contribution >= 0.6 is 0 Å². The molecule has 0 amide bonds. The molecule has 2 rings (SSSR count). The highest BCUT2D eigenvalue weighted by Gasteiger charge is 2.16. The van der Waals surface area contributed by atoms with E-state index in [9.17, 15) is 19.1 Å². The molecule has 1 aromatic carbocycles. The van der Waals surface area contributed by atoms with Gasteiger partial charge < -0.3 is 9.84 Å². The van der Waals surface area contributed by atoms with Gasteiger partial charge in [-0.25, -0.2) is 4.39 Å². The molecule has 0 radical (unpaired) electrons. The highest BCUT2D eigenvalue weighted by Crippen LogP contribution is 2.17. The summed E-state index contributed by atoms with van der Waals surface area (Å²) < 4.78 is 18.9. The first-order chi connectivity index (χ1) is 15.3. The summed E-state index contributed by atoms with van der Waals surface area (Å²) in [4.78, 5) is 33.0. The quantitative estimate of drug-likeness (QED) is 0.371. The molecule has 1 aliphatic rings. The third kappa shape index (κ3) is 8.51. The van der Waals surface area contributed by atoms with Crippen molar-refractivity contribution in [1.29, 1.82) is 0 Å². The lowest BCUT2D eigenvalue weighted by molar-refractivity contribution is -0.115. The maximum Gasteiger partial charge on any atom is 0.193 e. The minimum absolute atomic E-state index is 0.0155. The number of amidine groups is 1. The topological polar surface area (TPSA) is 88.3 Å². The van der Waals surface area contributed by atoms with Crippen LogP contribution in [0.4, 0.5) is 4.39 Å². The Hall–Kier alpha value is -3.19. The number of aliphatic hydroxyl groups excluding tert-OH is 1. The van der Waals surface area contributed by atoms with Crippen LogP contribution in [0.5, 0.6) is 0 Å². The minimum atomic E-state index is -0.565. The normalized spacial score (nSPS) is 16.8. The Morgan fingerprint density at radius 1 is 1.28 bits per heavy atom. The number of ketones is 2. The van der Waals surface area contributed by atoms with E-state index in [0.29, 0.717) is 31.4 Å². The molecule has 1 unspecified atom stereocenters. The fourth-order valence-electron chi connectivity index (χ4n) is 3.04.